The summed E-state index contributed by atoms with van der Waals surface area (Å²) in [4.78, 5) is 12.6. The van der Waals surface area contributed by atoms with Crippen molar-refractivity contribution < 1.29 is 22.7 Å². The molecule has 2 heterocycles. The number of sulfonamides is 1. The van der Waals surface area contributed by atoms with E-state index in [-0.39, 0.29) is 17.3 Å². The lowest BCUT2D eigenvalue weighted by atomic mass is 9.95. The second-order valence-corrected chi connectivity index (χ2v) is 8.70. The molecule has 0 fully saturated rings. The maximum Gasteiger partial charge on any atom is 0.244 e. The van der Waals surface area contributed by atoms with E-state index in [9.17, 15) is 13.2 Å². The van der Waals surface area contributed by atoms with E-state index in [2.05, 4.69) is 5.32 Å². The Balaban J connectivity index is 1.74. The molecule has 2 aromatic rings. The van der Waals surface area contributed by atoms with Crippen molar-refractivity contribution >= 4 is 15.9 Å². The van der Waals surface area contributed by atoms with Crippen molar-refractivity contribution in [3.63, 3.8) is 0 Å². The summed E-state index contributed by atoms with van der Waals surface area (Å²) < 4.78 is 39.4. The zero-order valence-corrected chi connectivity index (χ0v) is 16.4. The van der Waals surface area contributed by atoms with Crippen LogP contribution >= 0.6 is 0 Å². The normalized spacial score (nSPS) is 19.4. The van der Waals surface area contributed by atoms with E-state index in [1.165, 1.54) is 23.5 Å². The van der Waals surface area contributed by atoms with E-state index >= 15 is 0 Å². The van der Waals surface area contributed by atoms with Crippen molar-refractivity contribution in [2.45, 2.75) is 30.3 Å². The van der Waals surface area contributed by atoms with Gasteiger partial charge < -0.3 is 14.8 Å². The van der Waals surface area contributed by atoms with Crippen LogP contribution in [0.3, 0.4) is 0 Å². The molecule has 4 rings (SSSR count). The maximum absolute atomic E-state index is 13.4. The van der Waals surface area contributed by atoms with Gasteiger partial charge >= 0.3 is 0 Å². The van der Waals surface area contributed by atoms with Crippen molar-refractivity contribution in [2.24, 2.45) is 0 Å². The molecule has 0 aliphatic carbocycles. The van der Waals surface area contributed by atoms with E-state index in [1.54, 1.807) is 6.07 Å². The smallest absolute Gasteiger partial charge is 0.244 e. The first-order valence-electron chi connectivity index (χ1n) is 9.20. The monoisotopic (exact) mass is 402 g/mol. The number of fused-ring (bicyclic) bond motifs is 2. The Morgan fingerprint density at radius 2 is 1.79 bits per heavy atom. The van der Waals surface area contributed by atoms with Gasteiger partial charge in [0.15, 0.2) is 11.5 Å². The van der Waals surface area contributed by atoms with E-state index in [0.717, 1.165) is 17.5 Å². The molecule has 2 aliphatic rings. The van der Waals surface area contributed by atoms with Gasteiger partial charge in [0.05, 0.1) is 18.1 Å². The molecular weight excluding hydrogens is 380 g/mol. The average molecular weight is 402 g/mol. The standard InChI is InChI=1S/C20H22N2O5S/c1-21-20(23)17-11-14-5-2-3-6-15(14)13-22(17)28(24,25)16-7-8-18-19(12-16)27-10-4-9-26-18/h2-3,5-8,12,17H,4,9-11,13H2,1H3,(H,21,23)/t17-/m0/s1. The Labute approximate surface area is 164 Å². The van der Waals surface area contributed by atoms with Crippen LogP contribution in [-0.2, 0) is 27.8 Å². The molecule has 0 spiro atoms. The van der Waals surface area contributed by atoms with Crippen LogP contribution in [0.25, 0.3) is 0 Å². The number of hydrogen-bond donors (Lipinski definition) is 1. The molecule has 0 radical (unpaired) electrons. The quantitative estimate of drug-likeness (QED) is 0.845. The summed E-state index contributed by atoms with van der Waals surface area (Å²) in [5.74, 6) is 0.614. The molecule has 0 bridgehead atoms. The van der Waals surface area contributed by atoms with Crippen LogP contribution in [0.4, 0.5) is 0 Å². The SMILES string of the molecule is CNC(=O)[C@@H]1Cc2ccccc2CN1S(=O)(=O)c1ccc2c(c1)OCCCO2. The molecule has 0 unspecified atom stereocenters. The Kier molecular flexibility index (Phi) is 4.99. The zero-order chi connectivity index (χ0) is 19.7. The molecule has 0 aromatic heterocycles. The summed E-state index contributed by atoms with van der Waals surface area (Å²) in [7, 11) is -2.40. The predicted molar refractivity (Wildman–Crippen MR) is 103 cm³/mol. The number of nitrogens with one attached hydrogen (secondary N) is 1. The Bertz CT molecular complexity index is 1010. The topological polar surface area (TPSA) is 84.9 Å². The largest absolute Gasteiger partial charge is 0.490 e. The molecule has 0 saturated heterocycles. The highest BCUT2D eigenvalue weighted by Crippen LogP contribution is 2.35. The van der Waals surface area contributed by atoms with Crippen molar-refractivity contribution in [3.05, 3.63) is 53.6 Å². The Morgan fingerprint density at radius 1 is 1.07 bits per heavy atom. The highest BCUT2D eigenvalue weighted by atomic mass is 32.2. The van der Waals surface area contributed by atoms with Crippen LogP contribution in [0.15, 0.2) is 47.4 Å². The molecule has 1 amide bonds. The second kappa shape index (κ2) is 7.44. The van der Waals surface area contributed by atoms with Crippen molar-refractivity contribution in [1.29, 1.82) is 0 Å². The first-order chi connectivity index (χ1) is 13.5. The van der Waals surface area contributed by atoms with Gasteiger partial charge in [-0.1, -0.05) is 24.3 Å². The second-order valence-electron chi connectivity index (χ2n) is 6.81. The van der Waals surface area contributed by atoms with E-state index in [0.29, 0.717) is 31.1 Å². The number of nitrogens with zero attached hydrogens (tertiary/aromatic N) is 1. The van der Waals surface area contributed by atoms with Crippen molar-refractivity contribution in [2.75, 3.05) is 20.3 Å². The van der Waals surface area contributed by atoms with Crippen molar-refractivity contribution in [3.8, 4) is 11.5 Å². The summed E-state index contributed by atoms with van der Waals surface area (Å²) in [5, 5.41) is 2.59. The van der Waals surface area contributed by atoms with Gasteiger partial charge in [-0.15, -0.1) is 0 Å². The molecule has 1 N–H and O–H groups in total. The first kappa shape index (κ1) is 18.8. The van der Waals surface area contributed by atoms with E-state index < -0.39 is 16.1 Å². The van der Waals surface area contributed by atoms with Crippen LogP contribution in [-0.4, -0.2) is 44.9 Å². The molecule has 28 heavy (non-hydrogen) atoms. The molecular formula is C20H22N2O5S. The summed E-state index contributed by atoms with van der Waals surface area (Å²) in [6.07, 6.45) is 1.07. The lowest BCUT2D eigenvalue weighted by molar-refractivity contribution is -0.124. The minimum absolute atomic E-state index is 0.0880. The third-order valence-electron chi connectivity index (χ3n) is 5.08. The molecule has 8 heteroatoms. The van der Waals surface area contributed by atoms with Crippen LogP contribution in [0.2, 0.25) is 0 Å². The number of ether oxygens (including phenoxy) is 2. The van der Waals surface area contributed by atoms with Crippen molar-refractivity contribution in [1.82, 2.24) is 9.62 Å². The molecule has 148 valence electrons. The van der Waals surface area contributed by atoms with E-state index in [1.807, 2.05) is 24.3 Å². The summed E-state index contributed by atoms with van der Waals surface area (Å²) in [5.41, 5.74) is 1.89. The molecule has 1 atom stereocenters. The van der Waals surface area contributed by atoms with Gasteiger partial charge in [-0.3, -0.25) is 4.79 Å². The number of rotatable bonds is 3. The fraction of sp³-hybridized carbons (Fsp3) is 0.350. The van der Waals surface area contributed by atoms with Gasteiger partial charge in [0.25, 0.3) is 0 Å². The zero-order valence-electron chi connectivity index (χ0n) is 15.6. The minimum Gasteiger partial charge on any atom is -0.490 e. The highest BCUT2D eigenvalue weighted by Gasteiger charge is 2.39. The first-order valence-corrected chi connectivity index (χ1v) is 10.6. The highest BCUT2D eigenvalue weighted by molar-refractivity contribution is 7.89. The van der Waals surface area contributed by atoms with Crippen LogP contribution in [0.5, 0.6) is 11.5 Å². The number of benzene rings is 2. The van der Waals surface area contributed by atoms with Crippen LogP contribution in [0.1, 0.15) is 17.5 Å². The molecule has 7 nitrogen and oxygen atoms in total. The molecule has 2 aromatic carbocycles. The van der Waals surface area contributed by atoms with Gasteiger partial charge in [-0.25, -0.2) is 8.42 Å². The van der Waals surface area contributed by atoms with Crippen LogP contribution in [0, 0.1) is 0 Å². The minimum atomic E-state index is -3.92. The lowest BCUT2D eigenvalue weighted by Gasteiger charge is -2.34. The van der Waals surface area contributed by atoms with Gasteiger partial charge in [0.1, 0.15) is 6.04 Å². The number of carbonyl (C=O) groups is 1. The van der Waals surface area contributed by atoms with Gasteiger partial charge in [0, 0.05) is 26.1 Å². The third-order valence-corrected chi connectivity index (χ3v) is 6.93. The number of carbonyl (C=O) groups excluding carboxylic acids is 1. The number of amides is 1. The van der Waals surface area contributed by atoms with Gasteiger partial charge in [-0.05, 0) is 29.7 Å². The fourth-order valence-electron chi connectivity index (χ4n) is 3.58. The number of hydrogen-bond acceptors (Lipinski definition) is 5. The Morgan fingerprint density at radius 3 is 2.54 bits per heavy atom. The number of likely N-dealkylation sites (N-methyl/N-ethyl adjacent to an activating group) is 1. The third kappa shape index (κ3) is 3.33. The predicted octanol–water partition coefficient (Wildman–Crippen LogP) is 1.71. The average Bonchev–Trinajstić information content (AvgIpc) is 2.97. The molecule has 2 aliphatic heterocycles. The molecule has 0 saturated carbocycles. The van der Waals surface area contributed by atoms with Gasteiger partial charge in [0.2, 0.25) is 15.9 Å². The summed E-state index contributed by atoms with van der Waals surface area (Å²) >= 11 is 0. The summed E-state index contributed by atoms with van der Waals surface area (Å²) in [6, 6.07) is 11.4. The Hall–Kier alpha value is -2.58. The van der Waals surface area contributed by atoms with Gasteiger partial charge in [-0.2, -0.15) is 4.31 Å². The van der Waals surface area contributed by atoms with E-state index in [4.69, 9.17) is 9.47 Å². The lowest BCUT2D eigenvalue weighted by Crippen LogP contribution is -2.51. The maximum atomic E-state index is 13.4. The van der Waals surface area contributed by atoms with Crippen LogP contribution < -0.4 is 14.8 Å². The fourth-order valence-corrected chi connectivity index (χ4v) is 5.16. The summed E-state index contributed by atoms with van der Waals surface area (Å²) in [6.45, 7) is 1.14.